The van der Waals surface area contributed by atoms with Crippen LogP contribution in [-0.4, -0.2) is 15.6 Å². The Morgan fingerprint density at radius 2 is 1.96 bits per heavy atom. The Balaban J connectivity index is 1.90. The number of aromatic nitrogens is 1. The highest BCUT2D eigenvalue weighted by molar-refractivity contribution is 9.10. The van der Waals surface area contributed by atoms with Crippen molar-refractivity contribution in [3.8, 4) is 5.88 Å². The second-order valence-corrected chi connectivity index (χ2v) is 6.06. The van der Waals surface area contributed by atoms with E-state index in [2.05, 4.69) is 26.2 Å². The highest BCUT2D eigenvalue weighted by Gasteiger charge is 2.15. The molecule has 0 unspecified atom stereocenters. The molecule has 0 aliphatic heterocycles. The SMILES string of the molecule is Cn1c(O)c(N=NC(=O)Cc2ccccc2)c2cc(Br)ccc21. The fourth-order valence-corrected chi connectivity index (χ4v) is 2.76. The average molecular weight is 372 g/mol. The van der Waals surface area contributed by atoms with Crippen molar-refractivity contribution in [2.45, 2.75) is 6.42 Å². The van der Waals surface area contributed by atoms with Crippen LogP contribution in [0.1, 0.15) is 5.56 Å². The molecule has 3 aromatic rings. The summed E-state index contributed by atoms with van der Waals surface area (Å²) in [5.74, 6) is -0.378. The molecule has 0 spiro atoms. The molecule has 1 amide bonds. The van der Waals surface area contributed by atoms with E-state index in [1.807, 2.05) is 48.5 Å². The van der Waals surface area contributed by atoms with E-state index in [-0.39, 0.29) is 18.2 Å². The normalized spacial score (nSPS) is 11.4. The van der Waals surface area contributed by atoms with Crippen LogP contribution >= 0.6 is 15.9 Å². The lowest BCUT2D eigenvalue weighted by molar-refractivity contribution is -0.117. The molecule has 1 heterocycles. The molecule has 0 radical (unpaired) electrons. The zero-order valence-electron chi connectivity index (χ0n) is 12.4. The first-order valence-electron chi connectivity index (χ1n) is 7.01. The maximum Gasteiger partial charge on any atom is 0.269 e. The number of nitrogens with zero attached hydrogens (tertiary/aromatic N) is 3. The summed E-state index contributed by atoms with van der Waals surface area (Å²) in [5, 5.41) is 18.6. The van der Waals surface area contributed by atoms with E-state index in [9.17, 15) is 9.90 Å². The van der Waals surface area contributed by atoms with Crippen molar-refractivity contribution in [3.05, 3.63) is 58.6 Å². The highest BCUT2D eigenvalue weighted by atomic mass is 79.9. The molecule has 0 aliphatic carbocycles. The van der Waals surface area contributed by atoms with Gasteiger partial charge in [0.15, 0.2) is 5.69 Å². The topological polar surface area (TPSA) is 66.9 Å². The van der Waals surface area contributed by atoms with Crippen molar-refractivity contribution in [2.75, 3.05) is 0 Å². The van der Waals surface area contributed by atoms with E-state index in [1.165, 1.54) is 0 Å². The van der Waals surface area contributed by atoms with Crippen molar-refractivity contribution in [1.29, 1.82) is 0 Å². The molecule has 6 heteroatoms. The van der Waals surface area contributed by atoms with Crippen LogP contribution in [0.15, 0.2) is 63.2 Å². The Morgan fingerprint density at radius 1 is 1.22 bits per heavy atom. The number of carbonyl (C=O) groups excluding carboxylic acids is 1. The van der Waals surface area contributed by atoms with Gasteiger partial charge in [0.1, 0.15) is 0 Å². The van der Waals surface area contributed by atoms with Crippen LogP contribution in [0.3, 0.4) is 0 Å². The van der Waals surface area contributed by atoms with Crippen LogP contribution in [0.25, 0.3) is 10.9 Å². The number of azo groups is 1. The van der Waals surface area contributed by atoms with Gasteiger partial charge < -0.3 is 9.67 Å². The largest absolute Gasteiger partial charge is 0.493 e. The summed E-state index contributed by atoms with van der Waals surface area (Å²) >= 11 is 3.39. The second kappa shape index (κ2) is 6.34. The van der Waals surface area contributed by atoms with Gasteiger partial charge in [-0.05, 0) is 23.8 Å². The zero-order chi connectivity index (χ0) is 16.4. The van der Waals surface area contributed by atoms with Crippen molar-refractivity contribution in [1.82, 2.24) is 4.57 Å². The Morgan fingerprint density at radius 3 is 2.70 bits per heavy atom. The van der Waals surface area contributed by atoms with Gasteiger partial charge in [0.2, 0.25) is 5.88 Å². The van der Waals surface area contributed by atoms with E-state index in [1.54, 1.807) is 11.6 Å². The first kappa shape index (κ1) is 15.4. The number of hydrogen-bond donors (Lipinski definition) is 1. The number of halogens is 1. The monoisotopic (exact) mass is 371 g/mol. The summed E-state index contributed by atoms with van der Waals surface area (Å²) in [6.07, 6.45) is 0.180. The fourth-order valence-electron chi connectivity index (χ4n) is 2.39. The molecular weight excluding hydrogens is 358 g/mol. The number of hydrogen-bond acceptors (Lipinski definition) is 3. The van der Waals surface area contributed by atoms with E-state index >= 15 is 0 Å². The fraction of sp³-hybridized carbons (Fsp3) is 0.118. The molecule has 1 aromatic heterocycles. The van der Waals surface area contributed by atoms with Crippen molar-refractivity contribution < 1.29 is 9.90 Å². The molecule has 0 saturated carbocycles. The number of carbonyl (C=O) groups is 1. The van der Waals surface area contributed by atoms with Gasteiger partial charge in [-0.2, -0.15) is 0 Å². The lowest BCUT2D eigenvalue weighted by Gasteiger charge is -1.96. The van der Waals surface area contributed by atoms with Crippen LogP contribution in [0.5, 0.6) is 5.88 Å². The minimum atomic E-state index is -0.359. The standard InChI is InChI=1S/C17H14BrN3O2/c1-21-14-8-7-12(18)10-13(14)16(17(21)23)20-19-15(22)9-11-5-3-2-4-6-11/h2-8,10,23H,9H2,1H3. The van der Waals surface area contributed by atoms with Gasteiger partial charge in [0, 0.05) is 16.9 Å². The third-order valence-corrected chi connectivity index (χ3v) is 4.06. The summed E-state index contributed by atoms with van der Waals surface area (Å²) in [5.41, 5.74) is 1.99. The third kappa shape index (κ3) is 3.17. The Bertz CT molecular complexity index is 901. The number of benzene rings is 2. The molecule has 0 atom stereocenters. The summed E-state index contributed by atoms with van der Waals surface area (Å²) in [6.45, 7) is 0. The maximum absolute atomic E-state index is 11.9. The Labute approximate surface area is 141 Å². The van der Waals surface area contributed by atoms with Crippen LogP contribution in [-0.2, 0) is 18.3 Å². The third-order valence-electron chi connectivity index (χ3n) is 3.56. The van der Waals surface area contributed by atoms with Gasteiger partial charge in [-0.15, -0.1) is 10.2 Å². The number of aryl methyl sites for hydroxylation is 1. The summed E-state index contributed by atoms with van der Waals surface area (Å²) in [6, 6.07) is 14.9. The molecule has 116 valence electrons. The molecule has 0 aliphatic rings. The van der Waals surface area contributed by atoms with Gasteiger partial charge in [0.05, 0.1) is 11.9 Å². The molecule has 0 bridgehead atoms. The highest BCUT2D eigenvalue weighted by Crippen LogP contribution is 2.39. The van der Waals surface area contributed by atoms with Crippen molar-refractivity contribution in [3.63, 3.8) is 0 Å². The Hall–Kier alpha value is -2.47. The quantitative estimate of drug-likeness (QED) is 0.688. The number of aromatic hydroxyl groups is 1. The minimum Gasteiger partial charge on any atom is -0.493 e. The van der Waals surface area contributed by atoms with Gasteiger partial charge in [-0.25, -0.2) is 0 Å². The molecular formula is C17H14BrN3O2. The first-order valence-corrected chi connectivity index (χ1v) is 7.81. The lowest BCUT2D eigenvalue weighted by atomic mass is 10.1. The molecule has 23 heavy (non-hydrogen) atoms. The van der Waals surface area contributed by atoms with Gasteiger partial charge in [0.25, 0.3) is 5.91 Å². The van der Waals surface area contributed by atoms with Crippen molar-refractivity contribution in [2.24, 2.45) is 17.3 Å². The van der Waals surface area contributed by atoms with Gasteiger partial charge >= 0.3 is 0 Å². The van der Waals surface area contributed by atoms with E-state index in [0.717, 1.165) is 20.9 Å². The number of fused-ring (bicyclic) bond motifs is 1. The van der Waals surface area contributed by atoms with Gasteiger partial charge in [-0.3, -0.25) is 4.79 Å². The molecule has 5 nitrogen and oxygen atoms in total. The predicted octanol–water partition coefficient (Wildman–Crippen LogP) is 4.50. The van der Waals surface area contributed by atoms with Crippen LogP contribution in [0, 0.1) is 0 Å². The number of rotatable bonds is 3. The lowest BCUT2D eigenvalue weighted by Crippen LogP contribution is -1.97. The van der Waals surface area contributed by atoms with Crippen LogP contribution in [0.4, 0.5) is 5.69 Å². The van der Waals surface area contributed by atoms with Gasteiger partial charge in [-0.1, -0.05) is 46.3 Å². The first-order chi connectivity index (χ1) is 11.1. The molecule has 0 saturated heterocycles. The second-order valence-electron chi connectivity index (χ2n) is 5.15. The molecule has 3 rings (SSSR count). The number of amides is 1. The molecule has 1 N–H and O–H groups in total. The Kier molecular flexibility index (Phi) is 4.25. The molecule has 2 aromatic carbocycles. The maximum atomic E-state index is 11.9. The van der Waals surface area contributed by atoms with Crippen LogP contribution < -0.4 is 0 Å². The summed E-state index contributed by atoms with van der Waals surface area (Å²) in [4.78, 5) is 11.9. The summed E-state index contributed by atoms with van der Waals surface area (Å²) in [7, 11) is 1.73. The van der Waals surface area contributed by atoms with E-state index < -0.39 is 0 Å². The van der Waals surface area contributed by atoms with E-state index in [0.29, 0.717) is 5.69 Å². The average Bonchev–Trinajstić information content (AvgIpc) is 2.77. The predicted molar refractivity (Wildman–Crippen MR) is 92.0 cm³/mol. The smallest absolute Gasteiger partial charge is 0.269 e. The van der Waals surface area contributed by atoms with Crippen molar-refractivity contribution >= 4 is 38.4 Å². The molecule has 0 fully saturated rings. The minimum absolute atomic E-state index is 0.0191. The zero-order valence-corrected chi connectivity index (χ0v) is 14.0. The summed E-state index contributed by atoms with van der Waals surface area (Å²) < 4.78 is 2.47. The van der Waals surface area contributed by atoms with E-state index in [4.69, 9.17) is 0 Å². The van der Waals surface area contributed by atoms with Crippen LogP contribution in [0.2, 0.25) is 0 Å².